The molecule has 24 heavy (non-hydrogen) atoms. The molecule has 2 aromatic carbocycles. The molecule has 3 nitrogen and oxygen atoms in total. The molecule has 2 atom stereocenters. The summed E-state index contributed by atoms with van der Waals surface area (Å²) >= 11 is 6.03. The van der Waals surface area contributed by atoms with E-state index in [1.165, 1.54) is 5.56 Å². The molecule has 1 amide bonds. The Balaban J connectivity index is 2.02. The lowest BCUT2D eigenvalue weighted by Gasteiger charge is -2.21. The highest BCUT2D eigenvalue weighted by molar-refractivity contribution is 6.31. The second-order valence-corrected chi connectivity index (χ2v) is 6.47. The lowest BCUT2D eigenvalue weighted by atomic mass is 10.1. The minimum atomic E-state index is -0.529. The van der Waals surface area contributed by atoms with Crippen LogP contribution in [0.4, 0.5) is 0 Å². The third-order valence-electron chi connectivity index (χ3n) is 4.01. The van der Waals surface area contributed by atoms with Crippen LogP contribution in [0.25, 0.3) is 0 Å². The molecule has 0 radical (unpaired) electrons. The Morgan fingerprint density at radius 3 is 2.42 bits per heavy atom. The zero-order valence-corrected chi connectivity index (χ0v) is 15.4. The molecule has 0 unspecified atom stereocenters. The normalized spacial score (nSPS) is 13.2. The fraction of sp³-hybridized carbons (Fsp3) is 0.350. The quantitative estimate of drug-likeness (QED) is 0.800. The van der Waals surface area contributed by atoms with Gasteiger partial charge < -0.3 is 10.1 Å². The van der Waals surface area contributed by atoms with E-state index in [2.05, 4.69) is 5.32 Å². The van der Waals surface area contributed by atoms with Gasteiger partial charge in [-0.25, -0.2) is 0 Å². The number of hydrogen-bond acceptors (Lipinski definition) is 2. The molecule has 2 aromatic rings. The summed E-state index contributed by atoms with van der Waals surface area (Å²) in [4.78, 5) is 12.5. The van der Waals surface area contributed by atoms with Crippen molar-refractivity contribution < 1.29 is 9.53 Å². The number of rotatable bonds is 6. The monoisotopic (exact) mass is 345 g/mol. The van der Waals surface area contributed by atoms with Gasteiger partial charge in [-0.15, -0.1) is 0 Å². The maximum absolute atomic E-state index is 12.5. The first-order valence-electron chi connectivity index (χ1n) is 8.20. The first-order valence-corrected chi connectivity index (χ1v) is 8.58. The first kappa shape index (κ1) is 18.3. The molecule has 0 aliphatic rings. The number of carbonyl (C=O) groups excluding carboxylic acids is 1. The van der Waals surface area contributed by atoms with Crippen LogP contribution in [0.15, 0.2) is 42.5 Å². The van der Waals surface area contributed by atoms with E-state index in [0.717, 1.165) is 11.1 Å². The van der Waals surface area contributed by atoms with E-state index in [4.69, 9.17) is 16.3 Å². The number of carbonyl (C=O) groups is 1. The third kappa shape index (κ3) is 4.75. The van der Waals surface area contributed by atoms with Crippen LogP contribution in [0.1, 0.15) is 43.0 Å². The molecule has 0 fully saturated rings. The predicted octanol–water partition coefficient (Wildman–Crippen LogP) is 4.99. The molecule has 0 saturated carbocycles. The van der Waals surface area contributed by atoms with Gasteiger partial charge in [0.25, 0.3) is 5.91 Å². The van der Waals surface area contributed by atoms with Gasteiger partial charge in [-0.1, -0.05) is 48.4 Å². The van der Waals surface area contributed by atoms with Crippen LogP contribution in [0.3, 0.4) is 0 Å². The van der Waals surface area contributed by atoms with E-state index >= 15 is 0 Å². The maximum Gasteiger partial charge on any atom is 0.261 e. The number of halogens is 1. The SMILES string of the molecule is CC[C@@H](Oc1ccc(Cl)c(C)c1)C(=O)N[C@@H](C)c1ccc(C)cc1. The fourth-order valence-electron chi connectivity index (χ4n) is 2.42. The van der Waals surface area contributed by atoms with Crippen molar-refractivity contribution in [2.75, 3.05) is 0 Å². The van der Waals surface area contributed by atoms with E-state index in [1.807, 2.05) is 58.0 Å². The van der Waals surface area contributed by atoms with E-state index in [-0.39, 0.29) is 11.9 Å². The summed E-state index contributed by atoms with van der Waals surface area (Å²) in [7, 11) is 0. The lowest BCUT2D eigenvalue weighted by Crippen LogP contribution is -2.39. The van der Waals surface area contributed by atoms with Gasteiger partial charge in [0.2, 0.25) is 0 Å². The minimum absolute atomic E-state index is 0.0669. The zero-order valence-electron chi connectivity index (χ0n) is 14.6. The Labute approximate surface area is 149 Å². The van der Waals surface area contributed by atoms with E-state index in [9.17, 15) is 4.79 Å². The number of nitrogens with one attached hydrogen (secondary N) is 1. The fourth-order valence-corrected chi connectivity index (χ4v) is 2.54. The highest BCUT2D eigenvalue weighted by atomic mass is 35.5. The van der Waals surface area contributed by atoms with Gasteiger partial charge in [0, 0.05) is 5.02 Å². The van der Waals surface area contributed by atoms with Crippen LogP contribution in [0, 0.1) is 13.8 Å². The van der Waals surface area contributed by atoms with Crippen molar-refractivity contribution in [3.63, 3.8) is 0 Å². The second-order valence-electron chi connectivity index (χ2n) is 6.07. The Kier molecular flexibility index (Phi) is 6.27. The average molecular weight is 346 g/mol. The van der Waals surface area contributed by atoms with Gasteiger partial charge in [-0.2, -0.15) is 0 Å². The highest BCUT2D eigenvalue weighted by Gasteiger charge is 2.20. The van der Waals surface area contributed by atoms with Gasteiger partial charge >= 0.3 is 0 Å². The van der Waals surface area contributed by atoms with Crippen LogP contribution < -0.4 is 10.1 Å². The standard InChI is InChI=1S/C20H24ClNO2/c1-5-19(24-17-10-11-18(21)14(3)12-17)20(23)22-15(4)16-8-6-13(2)7-9-16/h6-12,15,19H,5H2,1-4H3,(H,22,23)/t15-,19+/m0/s1. The molecule has 1 N–H and O–H groups in total. The maximum atomic E-state index is 12.5. The van der Waals surface area contributed by atoms with Gasteiger partial charge in [-0.3, -0.25) is 4.79 Å². The Morgan fingerprint density at radius 1 is 1.17 bits per heavy atom. The smallest absolute Gasteiger partial charge is 0.261 e. The van der Waals surface area contributed by atoms with Crippen LogP contribution >= 0.6 is 11.6 Å². The Morgan fingerprint density at radius 2 is 1.83 bits per heavy atom. The second kappa shape index (κ2) is 8.20. The van der Waals surface area contributed by atoms with Crippen molar-refractivity contribution in [1.82, 2.24) is 5.32 Å². The summed E-state index contributed by atoms with van der Waals surface area (Å²) in [5, 5.41) is 3.71. The Bertz CT molecular complexity index is 697. The van der Waals surface area contributed by atoms with Gasteiger partial charge in [0.15, 0.2) is 6.10 Å². The summed E-state index contributed by atoms with van der Waals surface area (Å²) in [5.41, 5.74) is 3.20. The molecule has 128 valence electrons. The summed E-state index contributed by atoms with van der Waals surface area (Å²) in [6.45, 7) is 7.86. The first-order chi connectivity index (χ1) is 11.4. The van der Waals surface area contributed by atoms with E-state index in [1.54, 1.807) is 12.1 Å². The number of aryl methyl sites for hydroxylation is 2. The van der Waals surface area contributed by atoms with Gasteiger partial charge in [-0.05, 0) is 56.5 Å². The molecule has 0 saturated heterocycles. The van der Waals surface area contributed by atoms with E-state index < -0.39 is 6.10 Å². The number of amides is 1. The van der Waals surface area contributed by atoms with Crippen molar-refractivity contribution in [2.45, 2.75) is 46.3 Å². The molecule has 0 spiro atoms. The van der Waals surface area contributed by atoms with Crippen LogP contribution in [-0.4, -0.2) is 12.0 Å². The van der Waals surface area contributed by atoms with Gasteiger partial charge in [0.05, 0.1) is 6.04 Å². The molecular weight excluding hydrogens is 322 g/mol. The topological polar surface area (TPSA) is 38.3 Å². The van der Waals surface area contributed by atoms with Crippen molar-refractivity contribution >= 4 is 17.5 Å². The molecule has 0 aromatic heterocycles. The molecule has 4 heteroatoms. The molecule has 0 aliphatic heterocycles. The highest BCUT2D eigenvalue weighted by Crippen LogP contribution is 2.22. The molecular formula is C20H24ClNO2. The molecule has 0 aliphatic carbocycles. The Hall–Kier alpha value is -2.00. The number of benzene rings is 2. The predicted molar refractivity (Wildman–Crippen MR) is 98.6 cm³/mol. The minimum Gasteiger partial charge on any atom is -0.481 e. The average Bonchev–Trinajstić information content (AvgIpc) is 2.56. The third-order valence-corrected chi connectivity index (χ3v) is 4.43. The largest absolute Gasteiger partial charge is 0.481 e. The van der Waals surface area contributed by atoms with Crippen LogP contribution in [-0.2, 0) is 4.79 Å². The lowest BCUT2D eigenvalue weighted by molar-refractivity contribution is -0.128. The number of ether oxygens (including phenoxy) is 1. The number of hydrogen-bond donors (Lipinski definition) is 1. The van der Waals surface area contributed by atoms with E-state index in [0.29, 0.717) is 17.2 Å². The van der Waals surface area contributed by atoms with Crippen molar-refractivity contribution in [3.8, 4) is 5.75 Å². The zero-order chi connectivity index (χ0) is 17.7. The summed E-state index contributed by atoms with van der Waals surface area (Å²) in [6.07, 6.45) is 0.0622. The summed E-state index contributed by atoms with van der Waals surface area (Å²) < 4.78 is 5.85. The summed E-state index contributed by atoms with van der Waals surface area (Å²) in [5.74, 6) is 0.542. The van der Waals surface area contributed by atoms with Crippen molar-refractivity contribution in [2.24, 2.45) is 0 Å². The molecule has 0 heterocycles. The van der Waals surface area contributed by atoms with Crippen molar-refractivity contribution in [3.05, 3.63) is 64.2 Å². The van der Waals surface area contributed by atoms with Crippen molar-refractivity contribution in [1.29, 1.82) is 0 Å². The van der Waals surface area contributed by atoms with Crippen LogP contribution in [0.2, 0.25) is 5.02 Å². The van der Waals surface area contributed by atoms with Gasteiger partial charge in [0.1, 0.15) is 5.75 Å². The van der Waals surface area contributed by atoms with Crippen LogP contribution in [0.5, 0.6) is 5.75 Å². The molecule has 2 rings (SSSR count). The molecule has 0 bridgehead atoms. The summed E-state index contributed by atoms with van der Waals surface area (Å²) in [6, 6.07) is 13.5.